The van der Waals surface area contributed by atoms with Gasteiger partial charge in [0.1, 0.15) is 11.5 Å². The van der Waals surface area contributed by atoms with E-state index in [1.807, 2.05) is 0 Å². The van der Waals surface area contributed by atoms with E-state index < -0.39 is 0 Å². The van der Waals surface area contributed by atoms with E-state index in [2.05, 4.69) is 16.8 Å². The lowest BCUT2D eigenvalue weighted by molar-refractivity contribution is 0.277. The predicted octanol–water partition coefficient (Wildman–Crippen LogP) is 1.95. The fourth-order valence-corrected chi connectivity index (χ4v) is 2.32. The maximum absolute atomic E-state index is 9.81. The number of hydrogen-bond acceptors (Lipinski definition) is 3. The molecule has 0 saturated carbocycles. The maximum atomic E-state index is 9.81. The average molecular weight is 277 g/mol. The van der Waals surface area contributed by atoms with Crippen LogP contribution in [0.2, 0.25) is 0 Å². The highest BCUT2D eigenvalue weighted by Crippen LogP contribution is 2.23. The van der Waals surface area contributed by atoms with Crippen molar-refractivity contribution < 1.29 is 9.84 Å². The quantitative estimate of drug-likeness (QED) is 0.654. The lowest BCUT2D eigenvalue weighted by atomic mass is 10.00. The standard InChI is InChI=1S/C15H23N3O2/c1-11-5-7-18(8-6-11)15(16)17-10-12-9-13(20-2)3-4-14(12)19/h3-4,9,11,19H,5-8,10H2,1-2H3,(H2,16,17). The van der Waals surface area contributed by atoms with Crippen LogP contribution in [-0.4, -0.2) is 36.2 Å². The number of aromatic hydroxyl groups is 1. The van der Waals surface area contributed by atoms with Crippen molar-refractivity contribution in [1.82, 2.24) is 4.90 Å². The first-order chi connectivity index (χ1) is 9.60. The van der Waals surface area contributed by atoms with E-state index in [0.717, 1.165) is 37.4 Å². The molecule has 1 aromatic rings. The number of methoxy groups -OCH3 is 1. The lowest BCUT2D eigenvalue weighted by Crippen LogP contribution is -2.42. The second-order valence-electron chi connectivity index (χ2n) is 5.34. The molecule has 0 aliphatic carbocycles. The highest BCUT2D eigenvalue weighted by Gasteiger charge is 2.17. The highest BCUT2D eigenvalue weighted by molar-refractivity contribution is 5.78. The molecule has 0 atom stereocenters. The first kappa shape index (κ1) is 14.5. The number of phenolic OH excluding ortho intramolecular Hbond substituents is 1. The van der Waals surface area contributed by atoms with Gasteiger partial charge in [-0.15, -0.1) is 0 Å². The Hall–Kier alpha value is -1.91. The van der Waals surface area contributed by atoms with Crippen LogP contribution in [0.5, 0.6) is 11.5 Å². The van der Waals surface area contributed by atoms with Gasteiger partial charge in [-0.25, -0.2) is 4.99 Å². The minimum absolute atomic E-state index is 0.217. The molecule has 5 nitrogen and oxygen atoms in total. The number of hydrogen-bond donors (Lipinski definition) is 2. The fraction of sp³-hybridized carbons (Fsp3) is 0.533. The summed E-state index contributed by atoms with van der Waals surface area (Å²) in [5.74, 6) is 2.24. The molecular formula is C15H23N3O2. The van der Waals surface area contributed by atoms with E-state index in [4.69, 9.17) is 10.5 Å². The van der Waals surface area contributed by atoms with Crippen LogP contribution in [0.25, 0.3) is 0 Å². The summed E-state index contributed by atoms with van der Waals surface area (Å²) in [6.45, 7) is 4.54. The van der Waals surface area contributed by atoms with Crippen molar-refractivity contribution in [1.29, 1.82) is 0 Å². The molecule has 0 radical (unpaired) electrons. The molecule has 2 rings (SSSR count). The Labute approximate surface area is 120 Å². The molecule has 1 fully saturated rings. The van der Waals surface area contributed by atoms with Crippen LogP contribution in [0.3, 0.4) is 0 Å². The van der Waals surface area contributed by atoms with Gasteiger partial charge in [0.25, 0.3) is 0 Å². The number of benzene rings is 1. The van der Waals surface area contributed by atoms with E-state index in [1.54, 1.807) is 25.3 Å². The molecule has 0 unspecified atom stereocenters. The molecule has 1 saturated heterocycles. The van der Waals surface area contributed by atoms with Crippen LogP contribution < -0.4 is 10.5 Å². The second kappa shape index (κ2) is 6.50. The summed E-state index contributed by atoms with van der Waals surface area (Å²) < 4.78 is 5.14. The Morgan fingerprint density at radius 2 is 2.15 bits per heavy atom. The molecule has 1 heterocycles. The molecular weight excluding hydrogens is 254 g/mol. The van der Waals surface area contributed by atoms with Crippen LogP contribution >= 0.6 is 0 Å². The maximum Gasteiger partial charge on any atom is 0.191 e. The highest BCUT2D eigenvalue weighted by atomic mass is 16.5. The summed E-state index contributed by atoms with van der Waals surface area (Å²) >= 11 is 0. The summed E-state index contributed by atoms with van der Waals surface area (Å²) in [5, 5.41) is 9.81. The van der Waals surface area contributed by atoms with Gasteiger partial charge < -0.3 is 20.5 Å². The van der Waals surface area contributed by atoms with Crippen molar-refractivity contribution in [3.05, 3.63) is 23.8 Å². The van der Waals surface area contributed by atoms with Crippen molar-refractivity contribution in [2.75, 3.05) is 20.2 Å². The van der Waals surface area contributed by atoms with Gasteiger partial charge in [0.15, 0.2) is 5.96 Å². The number of likely N-dealkylation sites (tertiary alicyclic amines) is 1. The number of rotatable bonds is 3. The van der Waals surface area contributed by atoms with Crippen molar-refractivity contribution in [2.24, 2.45) is 16.6 Å². The third-order valence-corrected chi connectivity index (χ3v) is 3.81. The molecule has 1 aromatic carbocycles. The molecule has 110 valence electrons. The van der Waals surface area contributed by atoms with Crippen LogP contribution in [-0.2, 0) is 6.54 Å². The van der Waals surface area contributed by atoms with Crippen molar-refractivity contribution in [3.63, 3.8) is 0 Å². The molecule has 3 N–H and O–H groups in total. The molecule has 1 aliphatic heterocycles. The normalized spacial score (nSPS) is 17.3. The van der Waals surface area contributed by atoms with Crippen LogP contribution in [0.1, 0.15) is 25.3 Å². The van der Waals surface area contributed by atoms with Crippen LogP contribution in [0, 0.1) is 5.92 Å². The molecule has 0 aromatic heterocycles. The lowest BCUT2D eigenvalue weighted by Gasteiger charge is -2.31. The Morgan fingerprint density at radius 1 is 1.45 bits per heavy atom. The number of ether oxygens (including phenoxy) is 1. The third kappa shape index (κ3) is 3.56. The number of aliphatic imine (C=N–C) groups is 1. The summed E-state index contributed by atoms with van der Waals surface area (Å²) in [6.07, 6.45) is 2.31. The summed E-state index contributed by atoms with van der Waals surface area (Å²) in [5.41, 5.74) is 6.75. The minimum atomic E-state index is 0.217. The fourth-order valence-electron chi connectivity index (χ4n) is 2.32. The number of phenols is 1. The first-order valence-electron chi connectivity index (χ1n) is 7.01. The molecule has 0 amide bonds. The van der Waals surface area contributed by atoms with Gasteiger partial charge in [0, 0.05) is 18.7 Å². The largest absolute Gasteiger partial charge is 0.508 e. The molecule has 20 heavy (non-hydrogen) atoms. The Morgan fingerprint density at radius 3 is 2.80 bits per heavy atom. The topological polar surface area (TPSA) is 71.1 Å². The van der Waals surface area contributed by atoms with Gasteiger partial charge in [-0.3, -0.25) is 0 Å². The van der Waals surface area contributed by atoms with Crippen molar-refractivity contribution in [2.45, 2.75) is 26.3 Å². The van der Waals surface area contributed by atoms with E-state index >= 15 is 0 Å². The smallest absolute Gasteiger partial charge is 0.191 e. The summed E-state index contributed by atoms with van der Waals surface area (Å²) in [4.78, 5) is 6.49. The zero-order chi connectivity index (χ0) is 14.5. The molecule has 0 bridgehead atoms. The number of nitrogens with zero attached hydrogens (tertiary/aromatic N) is 2. The third-order valence-electron chi connectivity index (χ3n) is 3.81. The van der Waals surface area contributed by atoms with E-state index in [9.17, 15) is 5.11 Å². The SMILES string of the molecule is COc1ccc(O)c(CN=C(N)N2CCC(C)CC2)c1. The first-order valence-corrected chi connectivity index (χ1v) is 7.01. The van der Waals surface area contributed by atoms with Gasteiger partial charge in [-0.05, 0) is 37.0 Å². The predicted molar refractivity (Wildman–Crippen MR) is 80.0 cm³/mol. The van der Waals surface area contributed by atoms with Crippen molar-refractivity contribution in [3.8, 4) is 11.5 Å². The van der Waals surface area contributed by atoms with Gasteiger partial charge in [0.05, 0.1) is 13.7 Å². The van der Waals surface area contributed by atoms with Crippen LogP contribution in [0.4, 0.5) is 0 Å². The average Bonchev–Trinajstić information content (AvgIpc) is 2.47. The van der Waals surface area contributed by atoms with Gasteiger partial charge in [-0.1, -0.05) is 6.92 Å². The molecule has 0 spiro atoms. The van der Waals surface area contributed by atoms with Gasteiger partial charge in [0.2, 0.25) is 0 Å². The van der Waals surface area contributed by atoms with Gasteiger partial charge >= 0.3 is 0 Å². The summed E-state index contributed by atoms with van der Waals surface area (Å²) in [6, 6.07) is 5.12. The van der Waals surface area contributed by atoms with Crippen LogP contribution in [0.15, 0.2) is 23.2 Å². The second-order valence-corrected chi connectivity index (χ2v) is 5.34. The monoisotopic (exact) mass is 277 g/mol. The Balaban J connectivity index is 2.01. The zero-order valence-corrected chi connectivity index (χ0v) is 12.2. The van der Waals surface area contributed by atoms with Crippen molar-refractivity contribution >= 4 is 5.96 Å². The minimum Gasteiger partial charge on any atom is -0.508 e. The molecule has 5 heteroatoms. The molecule has 1 aliphatic rings. The number of guanidine groups is 1. The Bertz CT molecular complexity index is 480. The number of piperidine rings is 1. The number of nitrogens with two attached hydrogens (primary N) is 1. The zero-order valence-electron chi connectivity index (χ0n) is 12.2. The summed E-state index contributed by atoms with van der Waals surface area (Å²) in [7, 11) is 1.60. The van der Waals surface area contributed by atoms with E-state index in [1.165, 1.54) is 0 Å². The van der Waals surface area contributed by atoms with E-state index in [-0.39, 0.29) is 5.75 Å². The van der Waals surface area contributed by atoms with E-state index in [0.29, 0.717) is 18.3 Å². The Kier molecular flexibility index (Phi) is 4.71. The van der Waals surface area contributed by atoms with Gasteiger partial charge in [-0.2, -0.15) is 0 Å².